The van der Waals surface area contributed by atoms with Crippen LogP contribution >= 0.6 is 0 Å². The van der Waals surface area contributed by atoms with Gasteiger partial charge in [-0.3, -0.25) is 0 Å². The summed E-state index contributed by atoms with van der Waals surface area (Å²) >= 11 is 0. The first-order valence-corrected chi connectivity index (χ1v) is 13.2. The Balaban J connectivity index is 1.66. The molecule has 0 atom stereocenters. The normalized spacial score (nSPS) is 11.8. The van der Waals surface area contributed by atoms with E-state index in [1.54, 1.807) is 0 Å². The van der Waals surface area contributed by atoms with Gasteiger partial charge < -0.3 is 8.85 Å². The van der Waals surface area contributed by atoms with Crippen LogP contribution in [0.4, 0.5) is 0 Å². The average Bonchev–Trinajstić information content (AvgIpc) is 2.63. The zero-order valence-electron chi connectivity index (χ0n) is 16.9. The van der Waals surface area contributed by atoms with E-state index in [9.17, 15) is 0 Å². The van der Waals surface area contributed by atoms with Crippen LogP contribution in [0.5, 0.6) is 5.75 Å². The van der Waals surface area contributed by atoms with E-state index in [0.29, 0.717) is 0 Å². The molecule has 0 unspecified atom stereocenters. The molecule has 0 spiro atoms. The van der Waals surface area contributed by atoms with E-state index in [1.165, 1.54) is 62.1 Å². The monoisotopic (exact) mass is 372 g/mol. The van der Waals surface area contributed by atoms with Crippen LogP contribution in [0.3, 0.4) is 0 Å². The van der Waals surface area contributed by atoms with Gasteiger partial charge in [0.25, 0.3) is 0 Å². The summed E-state index contributed by atoms with van der Waals surface area (Å²) in [5.41, 5.74) is 0. The van der Waals surface area contributed by atoms with Crippen LogP contribution in [0.15, 0.2) is 42.5 Å². The molecule has 0 radical (unpaired) electrons. The van der Waals surface area contributed by atoms with Crippen LogP contribution < -0.4 is 4.43 Å². The van der Waals surface area contributed by atoms with Crippen LogP contribution in [0.1, 0.15) is 64.7 Å². The Labute approximate surface area is 161 Å². The lowest BCUT2D eigenvalue weighted by atomic mass is 10.1. The SMILES string of the molecule is CCCCCCCCCCCO[Si](C)(C)Oc1cccc2ccccc12. The molecular weight excluding hydrogens is 336 g/mol. The van der Waals surface area contributed by atoms with Gasteiger partial charge in [-0.25, -0.2) is 0 Å². The molecular formula is C23H36O2Si. The first-order chi connectivity index (χ1) is 12.6. The summed E-state index contributed by atoms with van der Waals surface area (Å²) in [5, 5.41) is 2.39. The molecule has 0 saturated heterocycles. The van der Waals surface area contributed by atoms with Crippen molar-refractivity contribution in [2.45, 2.75) is 77.8 Å². The maximum absolute atomic E-state index is 6.31. The quantitative estimate of drug-likeness (QED) is 0.268. The maximum atomic E-state index is 6.31. The average molecular weight is 373 g/mol. The van der Waals surface area contributed by atoms with E-state index in [-0.39, 0.29) is 0 Å². The van der Waals surface area contributed by atoms with Crippen molar-refractivity contribution in [1.82, 2.24) is 0 Å². The molecule has 0 bridgehead atoms. The largest absolute Gasteiger partial charge is 0.520 e. The fourth-order valence-electron chi connectivity index (χ4n) is 3.31. The van der Waals surface area contributed by atoms with Gasteiger partial charge in [-0.15, -0.1) is 0 Å². The highest BCUT2D eigenvalue weighted by molar-refractivity contribution is 6.65. The molecule has 3 heteroatoms. The van der Waals surface area contributed by atoms with Crippen molar-refractivity contribution in [3.05, 3.63) is 42.5 Å². The van der Waals surface area contributed by atoms with Gasteiger partial charge in [-0.05, 0) is 31.0 Å². The van der Waals surface area contributed by atoms with Gasteiger partial charge in [0, 0.05) is 12.0 Å². The van der Waals surface area contributed by atoms with Crippen molar-refractivity contribution < 1.29 is 8.85 Å². The van der Waals surface area contributed by atoms with E-state index in [0.717, 1.165) is 18.8 Å². The van der Waals surface area contributed by atoms with Crippen LogP contribution in [-0.2, 0) is 4.43 Å². The van der Waals surface area contributed by atoms with Gasteiger partial charge in [0.2, 0.25) is 0 Å². The molecule has 0 heterocycles. The minimum absolute atomic E-state index is 0.819. The van der Waals surface area contributed by atoms with Crippen LogP contribution in [0.2, 0.25) is 13.1 Å². The molecule has 0 aliphatic rings. The number of unbranched alkanes of at least 4 members (excludes halogenated alkanes) is 8. The third-order valence-corrected chi connectivity index (χ3v) is 6.41. The van der Waals surface area contributed by atoms with Crippen molar-refractivity contribution in [2.75, 3.05) is 6.61 Å². The van der Waals surface area contributed by atoms with Gasteiger partial charge in [0.15, 0.2) is 0 Å². The van der Waals surface area contributed by atoms with E-state index >= 15 is 0 Å². The second-order valence-electron chi connectivity index (χ2n) is 7.66. The Morgan fingerprint density at radius 2 is 1.35 bits per heavy atom. The predicted octanol–water partition coefficient (Wildman–Crippen LogP) is 7.47. The van der Waals surface area contributed by atoms with Crippen LogP contribution in [0.25, 0.3) is 10.8 Å². The zero-order chi connectivity index (χ0) is 18.7. The maximum Gasteiger partial charge on any atom is 0.392 e. The summed E-state index contributed by atoms with van der Waals surface area (Å²) in [6.07, 6.45) is 12.1. The van der Waals surface area contributed by atoms with Gasteiger partial charge in [-0.1, -0.05) is 94.7 Å². The fraction of sp³-hybridized carbons (Fsp3) is 0.565. The lowest BCUT2D eigenvalue weighted by molar-refractivity contribution is 0.241. The van der Waals surface area contributed by atoms with Crippen molar-refractivity contribution in [2.24, 2.45) is 0 Å². The second-order valence-corrected chi connectivity index (χ2v) is 10.9. The molecule has 2 aromatic carbocycles. The first kappa shape index (κ1) is 21.0. The Kier molecular flexibility index (Phi) is 9.20. The standard InChI is InChI=1S/C23H36O2Si/c1-4-5-6-7-8-9-10-11-14-20-24-26(2,3)25-23-19-15-17-21-16-12-13-18-22(21)23/h12-13,15-19H,4-11,14,20H2,1-3H3. The number of hydrogen-bond acceptors (Lipinski definition) is 2. The van der Waals surface area contributed by atoms with Crippen molar-refractivity contribution >= 4 is 19.3 Å². The summed E-state index contributed by atoms with van der Waals surface area (Å²) in [6, 6.07) is 14.6. The van der Waals surface area contributed by atoms with Gasteiger partial charge in [-0.2, -0.15) is 0 Å². The molecule has 0 N–H and O–H groups in total. The van der Waals surface area contributed by atoms with Crippen molar-refractivity contribution in [3.63, 3.8) is 0 Å². The summed E-state index contributed by atoms with van der Waals surface area (Å²) < 4.78 is 12.5. The molecule has 0 aliphatic heterocycles. The summed E-state index contributed by atoms with van der Waals surface area (Å²) in [4.78, 5) is 0. The minimum Gasteiger partial charge on any atom is -0.520 e. The third-order valence-electron chi connectivity index (χ3n) is 4.80. The Morgan fingerprint density at radius 1 is 0.731 bits per heavy atom. The topological polar surface area (TPSA) is 18.5 Å². The van der Waals surface area contributed by atoms with E-state index < -0.39 is 8.56 Å². The van der Waals surface area contributed by atoms with Crippen molar-refractivity contribution in [1.29, 1.82) is 0 Å². The predicted molar refractivity (Wildman–Crippen MR) is 115 cm³/mol. The van der Waals surface area contributed by atoms with Gasteiger partial charge in [0.1, 0.15) is 5.75 Å². The summed E-state index contributed by atoms with van der Waals surface area (Å²) in [6.45, 7) is 7.37. The summed E-state index contributed by atoms with van der Waals surface area (Å²) in [5.74, 6) is 0.951. The fourth-order valence-corrected chi connectivity index (χ4v) is 4.71. The second kappa shape index (κ2) is 11.4. The molecule has 0 aliphatic carbocycles. The first-order valence-electron chi connectivity index (χ1n) is 10.4. The van der Waals surface area contributed by atoms with Crippen molar-refractivity contribution in [3.8, 4) is 5.75 Å². The van der Waals surface area contributed by atoms with Crippen LogP contribution in [0, 0.1) is 0 Å². The Morgan fingerprint density at radius 3 is 2.08 bits per heavy atom. The number of fused-ring (bicyclic) bond motifs is 1. The Bertz CT molecular complexity index is 634. The van der Waals surface area contributed by atoms with Gasteiger partial charge >= 0.3 is 8.56 Å². The minimum atomic E-state index is -2.15. The molecule has 0 amide bonds. The molecule has 2 nitrogen and oxygen atoms in total. The lowest BCUT2D eigenvalue weighted by Gasteiger charge is -2.24. The number of benzene rings is 2. The van der Waals surface area contributed by atoms with E-state index in [2.05, 4.69) is 62.5 Å². The molecule has 0 saturated carbocycles. The molecule has 0 fully saturated rings. The number of hydrogen-bond donors (Lipinski definition) is 0. The Hall–Kier alpha value is -1.32. The van der Waals surface area contributed by atoms with E-state index in [1.807, 2.05) is 0 Å². The van der Waals surface area contributed by atoms with Gasteiger partial charge in [0.05, 0.1) is 0 Å². The number of rotatable bonds is 13. The molecule has 0 aromatic heterocycles. The van der Waals surface area contributed by atoms with E-state index in [4.69, 9.17) is 8.85 Å². The van der Waals surface area contributed by atoms with Crippen LogP contribution in [-0.4, -0.2) is 15.2 Å². The zero-order valence-corrected chi connectivity index (χ0v) is 17.9. The molecule has 2 rings (SSSR count). The highest BCUT2D eigenvalue weighted by Gasteiger charge is 2.27. The molecule has 144 valence electrons. The highest BCUT2D eigenvalue weighted by Crippen LogP contribution is 2.27. The highest BCUT2D eigenvalue weighted by atomic mass is 28.4. The summed E-state index contributed by atoms with van der Waals surface area (Å²) in [7, 11) is -2.15. The third kappa shape index (κ3) is 7.51. The smallest absolute Gasteiger partial charge is 0.392 e. The molecule has 2 aromatic rings. The molecule has 26 heavy (non-hydrogen) atoms. The lowest BCUT2D eigenvalue weighted by Crippen LogP contribution is -2.38.